The second kappa shape index (κ2) is 9.30. The van der Waals surface area contributed by atoms with Gasteiger partial charge >= 0.3 is 0 Å². The number of carbonyl (C=O) groups is 2. The highest BCUT2D eigenvalue weighted by atomic mass is 16.2. The molecule has 0 unspecified atom stereocenters. The molecule has 1 saturated heterocycles. The lowest BCUT2D eigenvalue weighted by molar-refractivity contribution is -0.121. The first-order valence-corrected chi connectivity index (χ1v) is 8.47. The van der Waals surface area contributed by atoms with Gasteiger partial charge in [0.15, 0.2) is 0 Å². The van der Waals surface area contributed by atoms with E-state index in [0.717, 1.165) is 25.1 Å². The number of nitrogens with one attached hydrogen (secondary N) is 3. The predicted molar refractivity (Wildman–Crippen MR) is 91.3 cm³/mol. The number of aryl methyl sites for hydroxylation is 1. The summed E-state index contributed by atoms with van der Waals surface area (Å²) >= 11 is 0. The van der Waals surface area contributed by atoms with Gasteiger partial charge in [0.2, 0.25) is 5.91 Å². The molecule has 126 valence electrons. The molecule has 1 fully saturated rings. The van der Waals surface area contributed by atoms with Crippen LogP contribution in [0.25, 0.3) is 0 Å². The van der Waals surface area contributed by atoms with Crippen LogP contribution in [0.15, 0.2) is 24.3 Å². The van der Waals surface area contributed by atoms with Crippen LogP contribution in [0.4, 0.5) is 0 Å². The summed E-state index contributed by atoms with van der Waals surface area (Å²) in [6.45, 7) is 5.02. The Bertz CT molecular complexity index is 525. The van der Waals surface area contributed by atoms with E-state index >= 15 is 0 Å². The fourth-order valence-electron chi connectivity index (χ4n) is 2.86. The molecule has 3 N–H and O–H groups in total. The van der Waals surface area contributed by atoms with Crippen molar-refractivity contribution in [3.05, 3.63) is 35.4 Å². The van der Waals surface area contributed by atoms with Crippen LogP contribution >= 0.6 is 0 Å². The van der Waals surface area contributed by atoms with E-state index in [1.165, 1.54) is 12.8 Å². The molecule has 1 aliphatic rings. The van der Waals surface area contributed by atoms with Crippen LogP contribution in [0.2, 0.25) is 0 Å². The molecule has 1 aromatic rings. The number of amides is 2. The summed E-state index contributed by atoms with van der Waals surface area (Å²) in [6.07, 6.45) is 3.87. The molecule has 0 aliphatic carbocycles. The van der Waals surface area contributed by atoms with Crippen molar-refractivity contribution in [2.45, 2.75) is 32.6 Å². The molecule has 5 nitrogen and oxygen atoms in total. The second-order valence-electron chi connectivity index (χ2n) is 6.21. The van der Waals surface area contributed by atoms with Gasteiger partial charge in [0, 0.05) is 25.1 Å². The number of hydrogen-bond donors (Lipinski definition) is 3. The van der Waals surface area contributed by atoms with Gasteiger partial charge in [-0.2, -0.15) is 0 Å². The molecule has 2 amide bonds. The molecule has 0 radical (unpaired) electrons. The van der Waals surface area contributed by atoms with Crippen molar-refractivity contribution in [3.63, 3.8) is 0 Å². The Balaban J connectivity index is 1.57. The lowest BCUT2D eigenvalue weighted by Gasteiger charge is -2.22. The molecule has 1 heterocycles. The summed E-state index contributed by atoms with van der Waals surface area (Å²) in [5.41, 5.74) is 1.71. The van der Waals surface area contributed by atoms with Gasteiger partial charge in [0.05, 0.1) is 0 Å². The minimum absolute atomic E-state index is 0.0772. The van der Waals surface area contributed by atoms with Crippen LogP contribution < -0.4 is 16.0 Å². The van der Waals surface area contributed by atoms with E-state index in [1.54, 1.807) is 6.07 Å². The summed E-state index contributed by atoms with van der Waals surface area (Å²) in [4.78, 5) is 23.7. The average molecular weight is 317 g/mol. The summed E-state index contributed by atoms with van der Waals surface area (Å²) in [7, 11) is 0. The Labute approximate surface area is 138 Å². The third-order valence-electron chi connectivity index (χ3n) is 4.25. The molecule has 1 aromatic carbocycles. The van der Waals surface area contributed by atoms with Gasteiger partial charge in [-0.05, 0) is 57.3 Å². The molecule has 0 bridgehead atoms. The van der Waals surface area contributed by atoms with Crippen LogP contribution in [-0.2, 0) is 4.79 Å². The third-order valence-corrected chi connectivity index (χ3v) is 4.25. The number of benzene rings is 1. The summed E-state index contributed by atoms with van der Waals surface area (Å²) in [5, 5.41) is 9.03. The van der Waals surface area contributed by atoms with Crippen molar-refractivity contribution in [1.82, 2.24) is 16.0 Å². The fraction of sp³-hybridized carbons (Fsp3) is 0.556. The zero-order valence-electron chi connectivity index (χ0n) is 13.9. The van der Waals surface area contributed by atoms with Crippen molar-refractivity contribution in [2.75, 3.05) is 26.2 Å². The van der Waals surface area contributed by atoms with Gasteiger partial charge in [0.1, 0.15) is 0 Å². The molecule has 0 spiro atoms. The van der Waals surface area contributed by atoms with Crippen molar-refractivity contribution >= 4 is 11.8 Å². The Morgan fingerprint density at radius 3 is 2.65 bits per heavy atom. The molecule has 0 saturated carbocycles. The Hall–Kier alpha value is -1.88. The fourth-order valence-corrected chi connectivity index (χ4v) is 2.86. The normalized spacial score (nSPS) is 15.2. The van der Waals surface area contributed by atoms with Crippen molar-refractivity contribution in [1.29, 1.82) is 0 Å². The molecular weight excluding hydrogens is 290 g/mol. The summed E-state index contributed by atoms with van der Waals surface area (Å²) in [5.74, 6) is 0.647. The largest absolute Gasteiger partial charge is 0.354 e. The molecular formula is C18H27N3O2. The maximum absolute atomic E-state index is 11.9. The Morgan fingerprint density at radius 1 is 1.17 bits per heavy atom. The van der Waals surface area contributed by atoms with Gasteiger partial charge in [-0.3, -0.25) is 9.59 Å². The lowest BCUT2D eigenvalue weighted by Crippen LogP contribution is -2.35. The van der Waals surface area contributed by atoms with E-state index in [1.807, 2.05) is 25.1 Å². The molecule has 23 heavy (non-hydrogen) atoms. The lowest BCUT2D eigenvalue weighted by atomic mass is 9.93. The minimum atomic E-state index is -0.0994. The topological polar surface area (TPSA) is 70.2 Å². The van der Waals surface area contributed by atoms with Crippen LogP contribution in [0.1, 0.15) is 41.6 Å². The van der Waals surface area contributed by atoms with E-state index in [-0.39, 0.29) is 11.8 Å². The van der Waals surface area contributed by atoms with E-state index in [2.05, 4.69) is 16.0 Å². The first-order valence-electron chi connectivity index (χ1n) is 8.47. The number of hydrogen-bond acceptors (Lipinski definition) is 3. The first kappa shape index (κ1) is 17.5. The SMILES string of the molecule is Cc1cccc(C(=O)NCCNC(=O)CCC2CCNCC2)c1. The molecule has 0 aromatic heterocycles. The quantitative estimate of drug-likeness (QED) is 0.669. The maximum atomic E-state index is 11.9. The van der Waals surface area contributed by atoms with Crippen molar-refractivity contribution < 1.29 is 9.59 Å². The first-order chi connectivity index (χ1) is 11.1. The molecule has 1 aliphatic heterocycles. The van der Waals surface area contributed by atoms with Crippen LogP contribution in [0.3, 0.4) is 0 Å². The van der Waals surface area contributed by atoms with Crippen LogP contribution in [-0.4, -0.2) is 38.0 Å². The Kier molecular flexibility index (Phi) is 7.07. The number of rotatable bonds is 7. The van der Waals surface area contributed by atoms with Crippen LogP contribution in [0, 0.1) is 12.8 Å². The van der Waals surface area contributed by atoms with Gasteiger partial charge in [-0.15, -0.1) is 0 Å². The number of carbonyl (C=O) groups excluding carboxylic acids is 2. The van der Waals surface area contributed by atoms with Crippen LogP contribution in [0.5, 0.6) is 0 Å². The zero-order chi connectivity index (χ0) is 16.5. The third kappa shape index (κ3) is 6.40. The molecule has 2 rings (SSSR count). The predicted octanol–water partition coefficient (Wildman–Crippen LogP) is 1.62. The Morgan fingerprint density at radius 2 is 1.91 bits per heavy atom. The van der Waals surface area contributed by atoms with Gasteiger partial charge in [-0.1, -0.05) is 17.7 Å². The number of piperidine rings is 1. The van der Waals surface area contributed by atoms with Gasteiger partial charge in [0.25, 0.3) is 5.91 Å². The highest BCUT2D eigenvalue weighted by Gasteiger charge is 2.14. The van der Waals surface area contributed by atoms with Gasteiger partial charge in [-0.25, -0.2) is 0 Å². The zero-order valence-corrected chi connectivity index (χ0v) is 13.9. The smallest absolute Gasteiger partial charge is 0.251 e. The van der Waals surface area contributed by atoms with E-state index < -0.39 is 0 Å². The van der Waals surface area contributed by atoms with Crippen molar-refractivity contribution in [2.24, 2.45) is 5.92 Å². The van der Waals surface area contributed by atoms with Crippen molar-refractivity contribution in [3.8, 4) is 0 Å². The summed E-state index contributed by atoms with van der Waals surface area (Å²) < 4.78 is 0. The monoisotopic (exact) mass is 317 g/mol. The maximum Gasteiger partial charge on any atom is 0.251 e. The van der Waals surface area contributed by atoms with E-state index in [9.17, 15) is 9.59 Å². The van der Waals surface area contributed by atoms with E-state index in [4.69, 9.17) is 0 Å². The van der Waals surface area contributed by atoms with Gasteiger partial charge < -0.3 is 16.0 Å². The highest BCUT2D eigenvalue weighted by molar-refractivity contribution is 5.94. The minimum Gasteiger partial charge on any atom is -0.354 e. The standard InChI is InChI=1S/C18H27N3O2/c1-14-3-2-4-16(13-14)18(23)21-12-11-20-17(22)6-5-15-7-9-19-10-8-15/h2-4,13,15,19H,5-12H2,1H3,(H,20,22)(H,21,23). The van der Waals surface area contributed by atoms with E-state index in [0.29, 0.717) is 31.0 Å². The molecule has 0 atom stereocenters. The average Bonchev–Trinajstić information content (AvgIpc) is 2.57. The summed E-state index contributed by atoms with van der Waals surface area (Å²) in [6, 6.07) is 7.47. The second-order valence-corrected chi connectivity index (χ2v) is 6.21. The highest BCUT2D eigenvalue weighted by Crippen LogP contribution is 2.17. The molecule has 5 heteroatoms.